The first kappa shape index (κ1) is 18.9. The van der Waals surface area contributed by atoms with E-state index in [1.807, 2.05) is 60.3 Å². The second-order valence-electron chi connectivity index (χ2n) is 7.12. The number of ether oxygens (including phenoxy) is 2. The molecule has 1 N–H and O–H groups in total. The van der Waals surface area contributed by atoms with Crippen molar-refractivity contribution in [3.63, 3.8) is 0 Å². The van der Waals surface area contributed by atoms with E-state index in [2.05, 4.69) is 20.3 Å². The summed E-state index contributed by atoms with van der Waals surface area (Å²) in [7, 11) is 5.21. The first-order valence-electron chi connectivity index (χ1n) is 9.77. The minimum absolute atomic E-state index is 0.338. The number of imidazole rings is 1. The molecule has 0 fully saturated rings. The van der Waals surface area contributed by atoms with Crippen LogP contribution in [0.25, 0.3) is 22.1 Å². The summed E-state index contributed by atoms with van der Waals surface area (Å²) >= 11 is 0. The van der Waals surface area contributed by atoms with Gasteiger partial charge in [0.25, 0.3) is 0 Å². The van der Waals surface area contributed by atoms with E-state index >= 15 is 0 Å². The Bertz CT molecular complexity index is 1350. The Hall–Kier alpha value is -4.07. The van der Waals surface area contributed by atoms with Crippen LogP contribution in [0.2, 0.25) is 0 Å². The third-order valence-corrected chi connectivity index (χ3v) is 5.26. The van der Waals surface area contributed by atoms with Crippen molar-refractivity contribution in [1.82, 2.24) is 19.5 Å². The summed E-state index contributed by atoms with van der Waals surface area (Å²) in [5, 5.41) is 4.45. The molecule has 1 unspecified atom stereocenters. The van der Waals surface area contributed by atoms with E-state index in [9.17, 15) is 0 Å². The van der Waals surface area contributed by atoms with Crippen LogP contribution in [0, 0.1) is 0 Å². The lowest BCUT2D eigenvalue weighted by Crippen LogP contribution is -2.18. The number of rotatable bonds is 6. The summed E-state index contributed by atoms with van der Waals surface area (Å²) in [5.74, 6) is 2.76. The van der Waals surface area contributed by atoms with E-state index in [1.165, 1.54) is 6.33 Å². The lowest BCUT2D eigenvalue weighted by molar-refractivity contribution is 0.393. The molecule has 31 heavy (non-hydrogen) atoms. The number of hydrogen-bond donors (Lipinski definition) is 1. The number of nitrogens with zero attached hydrogens (tertiary/aromatic N) is 4. The van der Waals surface area contributed by atoms with Gasteiger partial charge in [0, 0.05) is 30.9 Å². The van der Waals surface area contributed by atoms with E-state index in [0.29, 0.717) is 22.9 Å². The molecule has 5 aromatic rings. The largest absolute Gasteiger partial charge is 0.497 e. The number of aromatic nitrogens is 4. The molecular weight excluding hydrogens is 394 g/mol. The lowest BCUT2D eigenvalue weighted by atomic mass is 10.0. The summed E-state index contributed by atoms with van der Waals surface area (Å²) in [6, 6.07) is 13.2. The quantitative estimate of drug-likeness (QED) is 0.442. The number of furan rings is 1. The number of aryl methyl sites for hydroxylation is 1. The number of para-hydroxylation sites is 1. The molecule has 3 heterocycles. The molecule has 0 spiro atoms. The first-order chi connectivity index (χ1) is 15.2. The van der Waals surface area contributed by atoms with Gasteiger partial charge in [-0.15, -0.1) is 0 Å². The molecule has 0 amide bonds. The van der Waals surface area contributed by atoms with E-state index in [4.69, 9.17) is 13.9 Å². The minimum atomic E-state index is -0.338. The fourth-order valence-corrected chi connectivity index (χ4v) is 3.71. The third kappa shape index (κ3) is 3.31. The topological polar surface area (TPSA) is 87.2 Å². The van der Waals surface area contributed by atoms with Gasteiger partial charge in [-0.05, 0) is 29.8 Å². The van der Waals surface area contributed by atoms with Gasteiger partial charge in [-0.2, -0.15) is 0 Å². The zero-order valence-corrected chi connectivity index (χ0v) is 17.4. The zero-order chi connectivity index (χ0) is 21.4. The van der Waals surface area contributed by atoms with Crippen LogP contribution in [0.3, 0.4) is 0 Å². The van der Waals surface area contributed by atoms with Crippen molar-refractivity contribution in [1.29, 1.82) is 0 Å². The maximum Gasteiger partial charge on any atom is 0.196 e. The van der Waals surface area contributed by atoms with Crippen molar-refractivity contribution < 1.29 is 13.9 Å². The van der Waals surface area contributed by atoms with Crippen LogP contribution in [0.1, 0.15) is 17.4 Å². The van der Waals surface area contributed by atoms with E-state index in [0.717, 1.165) is 27.9 Å². The Morgan fingerprint density at radius 1 is 1.00 bits per heavy atom. The Labute approximate surface area is 178 Å². The molecule has 0 aliphatic carbocycles. The van der Waals surface area contributed by atoms with Gasteiger partial charge in [0.05, 0.1) is 14.2 Å². The molecule has 8 heteroatoms. The average Bonchev–Trinajstić information content (AvgIpc) is 3.40. The Morgan fingerprint density at radius 3 is 2.48 bits per heavy atom. The van der Waals surface area contributed by atoms with E-state index in [-0.39, 0.29) is 6.04 Å². The van der Waals surface area contributed by atoms with Gasteiger partial charge in [0.15, 0.2) is 11.4 Å². The normalized spacial score (nSPS) is 12.2. The third-order valence-electron chi connectivity index (χ3n) is 5.26. The van der Waals surface area contributed by atoms with Gasteiger partial charge in [0.1, 0.15) is 40.8 Å². The number of methoxy groups -OCH3 is 2. The highest BCUT2D eigenvalue weighted by atomic mass is 16.5. The number of fused-ring (bicyclic) bond motifs is 3. The van der Waals surface area contributed by atoms with Crippen LogP contribution in [0.5, 0.6) is 11.5 Å². The fourth-order valence-electron chi connectivity index (χ4n) is 3.71. The van der Waals surface area contributed by atoms with E-state index in [1.54, 1.807) is 20.4 Å². The van der Waals surface area contributed by atoms with Gasteiger partial charge in [-0.1, -0.05) is 12.1 Å². The Kier molecular flexibility index (Phi) is 4.66. The van der Waals surface area contributed by atoms with Crippen LogP contribution in [0.4, 0.5) is 5.82 Å². The maximum atomic E-state index is 6.09. The zero-order valence-electron chi connectivity index (χ0n) is 17.4. The second kappa shape index (κ2) is 7.64. The number of benzene rings is 2. The molecule has 0 saturated carbocycles. The smallest absolute Gasteiger partial charge is 0.196 e. The van der Waals surface area contributed by atoms with Gasteiger partial charge < -0.3 is 23.8 Å². The highest BCUT2D eigenvalue weighted by molar-refractivity contribution is 6.05. The van der Waals surface area contributed by atoms with Crippen LogP contribution in [-0.2, 0) is 7.05 Å². The van der Waals surface area contributed by atoms with Crippen molar-refractivity contribution in [2.45, 2.75) is 6.04 Å². The summed E-state index contributed by atoms with van der Waals surface area (Å²) < 4.78 is 19.0. The van der Waals surface area contributed by atoms with Crippen molar-refractivity contribution in [2.24, 2.45) is 7.05 Å². The Balaban J connectivity index is 1.67. The molecule has 156 valence electrons. The number of nitrogens with one attached hydrogen (secondary N) is 1. The summed E-state index contributed by atoms with van der Waals surface area (Å²) in [4.78, 5) is 13.5. The van der Waals surface area contributed by atoms with Crippen molar-refractivity contribution in [3.8, 4) is 11.5 Å². The molecule has 0 aliphatic heterocycles. The average molecular weight is 415 g/mol. The maximum absolute atomic E-state index is 6.09. The first-order valence-corrected chi connectivity index (χ1v) is 9.77. The second-order valence-corrected chi connectivity index (χ2v) is 7.12. The summed E-state index contributed by atoms with van der Waals surface area (Å²) in [5.41, 5.74) is 3.03. The fraction of sp³-hybridized carbons (Fsp3) is 0.174. The Morgan fingerprint density at radius 2 is 1.77 bits per heavy atom. The molecule has 2 aromatic carbocycles. The van der Waals surface area contributed by atoms with Crippen LogP contribution < -0.4 is 14.8 Å². The van der Waals surface area contributed by atoms with Crippen molar-refractivity contribution in [2.75, 3.05) is 19.5 Å². The molecule has 0 saturated heterocycles. The summed E-state index contributed by atoms with van der Waals surface area (Å²) in [6.45, 7) is 0. The van der Waals surface area contributed by atoms with E-state index < -0.39 is 0 Å². The van der Waals surface area contributed by atoms with Crippen LogP contribution in [0.15, 0.2) is 65.6 Å². The van der Waals surface area contributed by atoms with Gasteiger partial charge >= 0.3 is 0 Å². The van der Waals surface area contributed by atoms with Crippen molar-refractivity contribution in [3.05, 3.63) is 72.6 Å². The SMILES string of the molecule is COc1cc(OC)cc(C(Nc2ncnc3c2oc2ccccc23)c2nccn2C)c1. The van der Waals surface area contributed by atoms with Gasteiger partial charge in [0.2, 0.25) is 0 Å². The van der Waals surface area contributed by atoms with Gasteiger partial charge in [-0.3, -0.25) is 0 Å². The molecule has 0 bridgehead atoms. The number of hydrogen-bond acceptors (Lipinski definition) is 7. The lowest BCUT2D eigenvalue weighted by Gasteiger charge is -2.21. The summed E-state index contributed by atoms with van der Waals surface area (Å²) in [6.07, 6.45) is 5.20. The standard InChI is InChI=1S/C23H21N5O3/c1-28-9-8-24-23(28)19(14-10-15(29-2)12-16(11-14)30-3)27-22-21-20(25-13-26-22)17-6-4-5-7-18(17)31-21/h4-13,19H,1-3H3,(H,25,26,27). The highest BCUT2D eigenvalue weighted by Gasteiger charge is 2.23. The predicted octanol–water partition coefficient (Wildman–Crippen LogP) is 4.33. The highest BCUT2D eigenvalue weighted by Crippen LogP contribution is 2.35. The molecular formula is C23H21N5O3. The van der Waals surface area contributed by atoms with Crippen LogP contribution in [-0.4, -0.2) is 33.7 Å². The molecule has 3 aromatic heterocycles. The van der Waals surface area contributed by atoms with Crippen LogP contribution >= 0.6 is 0 Å². The predicted molar refractivity (Wildman–Crippen MR) is 118 cm³/mol. The van der Waals surface area contributed by atoms with Crippen molar-refractivity contribution >= 4 is 27.9 Å². The molecule has 8 nitrogen and oxygen atoms in total. The molecule has 1 atom stereocenters. The molecule has 5 rings (SSSR count). The number of anilines is 1. The molecule has 0 radical (unpaired) electrons. The minimum Gasteiger partial charge on any atom is -0.497 e. The van der Waals surface area contributed by atoms with Gasteiger partial charge in [-0.25, -0.2) is 15.0 Å². The monoisotopic (exact) mass is 415 g/mol. The molecule has 0 aliphatic rings.